The summed E-state index contributed by atoms with van der Waals surface area (Å²) in [5.41, 5.74) is 0. The van der Waals surface area contributed by atoms with Crippen molar-refractivity contribution in [2.75, 3.05) is 39.6 Å². The molecule has 5 atom stereocenters. The van der Waals surface area contributed by atoms with E-state index in [1.807, 2.05) is 0 Å². The van der Waals surface area contributed by atoms with Gasteiger partial charge in [-0.25, -0.2) is 9.13 Å². The molecule has 0 rings (SSSR count). The van der Waals surface area contributed by atoms with Crippen molar-refractivity contribution in [2.24, 2.45) is 5.92 Å². The molecule has 0 fully saturated rings. The molecule has 0 spiro atoms. The summed E-state index contributed by atoms with van der Waals surface area (Å²) in [6.45, 7) is 7.37. The molecule has 0 aromatic carbocycles. The van der Waals surface area contributed by atoms with Crippen LogP contribution in [0.5, 0.6) is 0 Å². The zero-order valence-corrected chi connectivity index (χ0v) is 68.5. The van der Waals surface area contributed by atoms with E-state index < -0.39 is 97.5 Å². The van der Waals surface area contributed by atoms with Gasteiger partial charge in [0.25, 0.3) is 0 Å². The molecule has 102 heavy (non-hydrogen) atoms. The van der Waals surface area contributed by atoms with Crippen molar-refractivity contribution < 1.29 is 80.2 Å². The maximum Gasteiger partial charge on any atom is 0.472 e. The molecular formula is C83H162O17P2. The van der Waals surface area contributed by atoms with Gasteiger partial charge in [-0.1, -0.05) is 394 Å². The summed E-state index contributed by atoms with van der Waals surface area (Å²) in [6.07, 6.45) is 67.8. The highest BCUT2D eigenvalue weighted by Crippen LogP contribution is 2.45. The number of esters is 4. The van der Waals surface area contributed by atoms with Crippen LogP contribution in [-0.4, -0.2) is 96.7 Å². The lowest BCUT2D eigenvalue weighted by atomic mass is 10.0. The number of carbonyl (C=O) groups excluding carboxylic acids is 4. The molecule has 0 bridgehead atoms. The Hall–Kier alpha value is -1.94. The third-order valence-electron chi connectivity index (χ3n) is 19.5. The molecule has 0 aliphatic carbocycles. The van der Waals surface area contributed by atoms with Crippen molar-refractivity contribution in [3.63, 3.8) is 0 Å². The predicted octanol–water partition coefficient (Wildman–Crippen LogP) is 25.2. The van der Waals surface area contributed by atoms with Gasteiger partial charge in [0.05, 0.1) is 26.4 Å². The third kappa shape index (κ3) is 76.3. The first kappa shape index (κ1) is 100. The smallest absolute Gasteiger partial charge is 0.462 e. The van der Waals surface area contributed by atoms with Crippen LogP contribution in [0.15, 0.2) is 0 Å². The summed E-state index contributed by atoms with van der Waals surface area (Å²) in [4.78, 5) is 73.2. The van der Waals surface area contributed by atoms with Crippen LogP contribution >= 0.6 is 15.6 Å². The van der Waals surface area contributed by atoms with Crippen molar-refractivity contribution in [2.45, 2.75) is 464 Å². The van der Waals surface area contributed by atoms with Crippen LogP contribution in [0.25, 0.3) is 0 Å². The fourth-order valence-electron chi connectivity index (χ4n) is 12.9. The first-order valence-electron chi connectivity index (χ1n) is 43.1. The Labute approximate surface area is 626 Å². The molecule has 0 aromatic rings. The van der Waals surface area contributed by atoms with Crippen LogP contribution in [0.2, 0.25) is 0 Å². The Balaban J connectivity index is 5.27. The minimum Gasteiger partial charge on any atom is -0.462 e. The Bertz CT molecular complexity index is 1940. The minimum absolute atomic E-state index is 0.108. The quantitative estimate of drug-likeness (QED) is 0.0222. The van der Waals surface area contributed by atoms with E-state index in [9.17, 15) is 43.2 Å². The summed E-state index contributed by atoms with van der Waals surface area (Å²) in [5, 5.41) is 10.7. The zero-order chi connectivity index (χ0) is 74.8. The van der Waals surface area contributed by atoms with Gasteiger partial charge in [0.15, 0.2) is 12.2 Å². The lowest BCUT2D eigenvalue weighted by Gasteiger charge is -2.21. The summed E-state index contributed by atoms with van der Waals surface area (Å²) < 4.78 is 68.8. The summed E-state index contributed by atoms with van der Waals surface area (Å²) in [5.74, 6) is -1.32. The standard InChI is InChI=1S/C83H162O17P2/c1-6-9-12-15-18-21-24-27-29-31-33-36-42-47-52-57-62-67-81(86)94-73-78(99-82(87)68-63-58-53-48-43-37-34-32-30-28-25-22-19-16-13-10-7-2)74-97-101(89,90)95-70-77(84)71-96-102(91,92)98-75-79(72-93-80(85)66-61-56-51-46-41-35-26-23-20-17-14-11-8-3)100-83(88)69-64-59-54-49-44-39-38-40-45-50-55-60-65-76(4)5/h76-79,84H,6-75H2,1-5H3,(H,89,90)(H,91,92)/t77-,78-,79-/m1/s1. The van der Waals surface area contributed by atoms with Crippen LogP contribution in [0, 0.1) is 5.92 Å². The normalized spacial score (nSPS) is 13.8. The molecule has 606 valence electrons. The van der Waals surface area contributed by atoms with E-state index in [0.717, 1.165) is 95.8 Å². The maximum absolute atomic E-state index is 13.1. The lowest BCUT2D eigenvalue weighted by Crippen LogP contribution is -2.30. The fraction of sp³-hybridized carbons (Fsp3) is 0.952. The molecule has 17 nitrogen and oxygen atoms in total. The van der Waals surface area contributed by atoms with Crippen LogP contribution in [0.4, 0.5) is 0 Å². The largest absolute Gasteiger partial charge is 0.472 e. The molecule has 0 saturated heterocycles. The van der Waals surface area contributed by atoms with Crippen LogP contribution < -0.4 is 0 Å². The monoisotopic (exact) mass is 1490 g/mol. The molecule has 2 unspecified atom stereocenters. The Kier molecular flexibility index (Phi) is 74.4. The molecule has 0 aliphatic rings. The molecular weight excluding hydrogens is 1330 g/mol. The van der Waals surface area contributed by atoms with Gasteiger partial charge in [-0.15, -0.1) is 0 Å². The molecule has 3 N–H and O–H groups in total. The number of aliphatic hydroxyl groups is 1. The number of aliphatic hydroxyl groups excluding tert-OH is 1. The number of phosphoric ester groups is 2. The lowest BCUT2D eigenvalue weighted by molar-refractivity contribution is -0.161. The van der Waals surface area contributed by atoms with E-state index in [2.05, 4.69) is 34.6 Å². The van der Waals surface area contributed by atoms with E-state index in [-0.39, 0.29) is 25.7 Å². The number of hydrogen-bond donors (Lipinski definition) is 3. The van der Waals surface area contributed by atoms with Gasteiger partial charge in [0.1, 0.15) is 19.3 Å². The van der Waals surface area contributed by atoms with Crippen LogP contribution in [0.3, 0.4) is 0 Å². The minimum atomic E-state index is -4.96. The van der Waals surface area contributed by atoms with Crippen molar-refractivity contribution in [3.05, 3.63) is 0 Å². The maximum atomic E-state index is 13.1. The number of unbranched alkanes of at least 4 members (excludes halogenated alkanes) is 55. The first-order chi connectivity index (χ1) is 49.5. The highest BCUT2D eigenvalue weighted by atomic mass is 31.2. The number of phosphoric acid groups is 2. The van der Waals surface area contributed by atoms with Gasteiger partial charge in [-0.2, -0.15) is 0 Å². The highest BCUT2D eigenvalue weighted by Gasteiger charge is 2.30. The third-order valence-corrected chi connectivity index (χ3v) is 21.4. The molecule has 19 heteroatoms. The second-order valence-corrected chi connectivity index (χ2v) is 33.3. The number of carbonyl (C=O) groups is 4. The SMILES string of the molecule is CCCCCCCCCCCCCCCCCCCC(=O)OC[C@H](COP(=O)(O)OC[C@@H](O)COP(=O)(O)OC[C@@H](COC(=O)CCCCCCCCCCCCCCC)OC(=O)CCCCCCCCCCCCCCC(C)C)OC(=O)CCCCCCCCCCCCCCCCCCC. The molecule has 0 aromatic heterocycles. The van der Waals surface area contributed by atoms with E-state index in [1.54, 1.807) is 0 Å². The highest BCUT2D eigenvalue weighted by molar-refractivity contribution is 7.47. The molecule has 0 aliphatic heterocycles. The van der Waals surface area contributed by atoms with Gasteiger partial charge >= 0.3 is 39.5 Å². The predicted molar refractivity (Wildman–Crippen MR) is 418 cm³/mol. The zero-order valence-electron chi connectivity index (χ0n) is 66.8. The second kappa shape index (κ2) is 75.9. The number of hydrogen-bond acceptors (Lipinski definition) is 15. The van der Waals surface area contributed by atoms with E-state index >= 15 is 0 Å². The van der Waals surface area contributed by atoms with Gasteiger partial charge in [-0.3, -0.25) is 37.3 Å². The van der Waals surface area contributed by atoms with Crippen LogP contribution in [-0.2, 0) is 65.4 Å². The van der Waals surface area contributed by atoms with Crippen molar-refractivity contribution >= 4 is 39.5 Å². The second-order valence-electron chi connectivity index (χ2n) is 30.3. The van der Waals surface area contributed by atoms with Gasteiger partial charge < -0.3 is 33.8 Å². The molecule has 0 heterocycles. The average Bonchev–Trinajstić information content (AvgIpc) is 0.909. The molecule has 0 amide bonds. The fourth-order valence-corrected chi connectivity index (χ4v) is 14.5. The Morgan fingerprint density at radius 2 is 0.451 bits per heavy atom. The van der Waals surface area contributed by atoms with Crippen molar-refractivity contribution in [3.8, 4) is 0 Å². The number of ether oxygens (including phenoxy) is 4. The van der Waals surface area contributed by atoms with Gasteiger partial charge in [0, 0.05) is 25.7 Å². The first-order valence-corrected chi connectivity index (χ1v) is 46.1. The van der Waals surface area contributed by atoms with Crippen LogP contribution in [0.1, 0.15) is 446 Å². The van der Waals surface area contributed by atoms with Crippen molar-refractivity contribution in [1.82, 2.24) is 0 Å². The van der Waals surface area contributed by atoms with Crippen molar-refractivity contribution in [1.29, 1.82) is 0 Å². The number of rotatable bonds is 83. The van der Waals surface area contributed by atoms with E-state index in [1.165, 1.54) is 270 Å². The van der Waals surface area contributed by atoms with Gasteiger partial charge in [-0.05, 0) is 31.6 Å². The summed E-state index contributed by atoms with van der Waals surface area (Å²) in [6, 6.07) is 0. The van der Waals surface area contributed by atoms with Gasteiger partial charge in [0.2, 0.25) is 0 Å². The molecule has 0 saturated carbocycles. The topological polar surface area (TPSA) is 237 Å². The average molecular weight is 1490 g/mol. The Morgan fingerprint density at radius 1 is 0.265 bits per heavy atom. The molecule has 0 radical (unpaired) electrons. The van der Waals surface area contributed by atoms with E-state index in [4.69, 9.17) is 37.0 Å². The summed E-state index contributed by atoms with van der Waals surface area (Å²) >= 11 is 0. The van der Waals surface area contributed by atoms with E-state index in [0.29, 0.717) is 25.7 Å². The summed E-state index contributed by atoms with van der Waals surface area (Å²) in [7, 11) is -9.92. The Morgan fingerprint density at radius 3 is 0.667 bits per heavy atom.